The third-order valence-electron chi connectivity index (χ3n) is 9.24. The van der Waals surface area contributed by atoms with Crippen LogP contribution in [0, 0.1) is 0 Å². The highest BCUT2D eigenvalue weighted by Gasteiger charge is 2.16. The molecular formula is C44H28. The van der Waals surface area contributed by atoms with Gasteiger partial charge in [0.25, 0.3) is 0 Å². The summed E-state index contributed by atoms with van der Waals surface area (Å²) < 4.78 is 0. The molecule has 0 heteroatoms. The first kappa shape index (κ1) is 24.8. The first-order valence-corrected chi connectivity index (χ1v) is 15.3. The third kappa shape index (κ3) is 3.85. The fourth-order valence-corrected chi connectivity index (χ4v) is 7.20. The first-order chi connectivity index (χ1) is 21.8. The van der Waals surface area contributed by atoms with Gasteiger partial charge in [0.1, 0.15) is 0 Å². The highest BCUT2D eigenvalue weighted by atomic mass is 14.2. The molecule has 9 rings (SSSR count). The highest BCUT2D eigenvalue weighted by molar-refractivity contribution is 6.24. The van der Waals surface area contributed by atoms with Gasteiger partial charge in [-0.1, -0.05) is 152 Å². The monoisotopic (exact) mass is 556 g/mol. The molecule has 0 aliphatic rings. The van der Waals surface area contributed by atoms with Crippen molar-refractivity contribution in [3.63, 3.8) is 0 Å². The molecule has 0 aliphatic carbocycles. The Morgan fingerprint density at radius 1 is 0.205 bits per heavy atom. The van der Waals surface area contributed by atoms with Crippen molar-refractivity contribution in [2.45, 2.75) is 0 Å². The maximum absolute atomic E-state index is 2.43. The molecule has 0 bridgehead atoms. The molecule has 0 amide bonds. The second-order valence-electron chi connectivity index (χ2n) is 11.7. The lowest BCUT2D eigenvalue weighted by atomic mass is 9.86. The van der Waals surface area contributed by atoms with Crippen molar-refractivity contribution in [2.24, 2.45) is 0 Å². The van der Waals surface area contributed by atoms with Crippen molar-refractivity contribution in [1.82, 2.24) is 0 Å². The SMILES string of the molecule is c1cc(-c2cccc3ccccc23)cc(-c2cc3c4ccccc4c(-c4cccc5ccccc45)cc3c3ccccc23)c1. The van der Waals surface area contributed by atoms with Gasteiger partial charge in [-0.25, -0.2) is 0 Å². The van der Waals surface area contributed by atoms with Crippen LogP contribution in [0.1, 0.15) is 0 Å². The number of hydrogen-bond acceptors (Lipinski definition) is 0. The Kier molecular flexibility index (Phi) is 5.61. The van der Waals surface area contributed by atoms with E-state index in [0.29, 0.717) is 0 Å². The second kappa shape index (κ2) is 9.93. The van der Waals surface area contributed by atoms with Crippen LogP contribution < -0.4 is 0 Å². The van der Waals surface area contributed by atoms with E-state index in [1.165, 1.54) is 87.2 Å². The van der Waals surface area contributed by atoms with E-state index in [4.69, 9.17) is 0 Å². The second-order valence-corrected chi connectivity index (χ2v) is 11.7. The lowest BCUT2D eigenvalue weighted by Gasteiger charge is -2.17. The Morgan fingerprint density at radius 2 is 0.614 bits per heavy atom. The fraction of sp³-hybridized carbons (Fsp3) is 0. The van der Waals surface area contributed by atoms with Crippen LogP contribution in [0.5, 0.6) is 0 Å². The predicted octanol–water partition coefficient (Wildman–Crippen LogP) is 12.5. The number of benzene rings is 9. The summed E-state index contributed by atoms with van der Waals surface area (Å²) in [6.07, 6.45) is 0. The molecule has 44 heavy (non-hydrogen) atoms. The molecule has 9 aromatic carbocycles. The minimum absolute atomic E-state index is 1.23. The van der Waals surface area contributed by atoms with Gasteiger partial charge in [-0.15, -0.1) is 0 Å². The van der Waals surface area contributed by atoms with Gasteiger partial charge in [-0.3, -0.25) is 0 Å². The average molecular weight is 557 g/mol. The zero-order valence-electron chi connectivity index (χ0n) is 24.2. The largest absolute Gasteiger partial charge is 0.0616 e. The first-order valence-electron chi connectivity index (χ1n) is 15.3. The lowest BCUT2D eigenvalue weighted by molar-refractivity contribution is 1.63. The molecule has 9 aromatic rings. The third-order valence-corrected chi connectivity index (χ3v) is 9.24. The summed E-state index contributed by atoms with van der Waals surface area (Å²) in [4.78, 5) is 0. The van der Waals surface area contributed by atoms with Crippen LogP contribution >= 0.6 is 0 Å². The molecule has 0 saturated heterocycles. The van der Waals surface area contributed by atoms with Gasteiger partial charge in [-0.05, 0) is 105 Å². The Hall–Kier alpha value is -5.72. The molecular weight excluding hydrogens is 528 g/mol. The van der Waals surface area contributed by atoms with E-state index in [2.05, 4.69) is 170 Å². The molecule has 0 atom stereocenters. The number of rotatable bonds is 3. The Morgan fingerprint density at radius 3 is 1.25 bits per heavy atom. The molecule has 0 fully saturated rings. The Bertz CT molecular complexity index is 2540. The van der Waals surface area contributed by atoms with Gasteiger partial charge in [0.05, 0.1) is 0 Å². The zero-order chi connectivity index (χ0) is 29.0. The van der Waals surface area contributed by atoms with Gasteiger partial charge >= 0.3 is 0 Å². The Balaban J connectivity index is 1.34. The summed E-state index contributed by atoms with van der Waals surface area (Å²) in [7, 11) is 0. The number of fused-ring (bicyclic) bond motifs is 7. The van der Waals surface area contributed by atoms with Gasteiger partial charge in [0.2, 0.25) is 0 Å². The normalized spacial score (nSPS) is 11.6. The van der Waals surface area contributed by atoms with E-state index in [1.807, 2.05) is 0 Å². The van der Waals surface area contributed by atoms with Crippen molar-refractivity contribution in [1.29, 1.82) is 0 Å². The predicted molar refractivity (Wildman–Crippen MR) is 190 cm³/mol. The topological polar surface area (TPSA) is 0 Å². The summed E-state index contributed by atoms with van der Waals surface area (Å²) in [6, 6.07) is 62.3. The van der Waals surface area contributed by atoms with Crippen LogP contribution in [0.25, 0.3) is 87.2 Å². The molecule has 0 N–H and O–H groups in total. The molecule has 0 aliphatic heterocycles. The molecule has 0 heterocycles. The standard InChI is InChI=1S/C44H28/c1-3-18-33-29(12-1)14-10-24-35(33)31-16-9-17-32(26-31)41-27-43-40-23-8-7-22-39(40)42(28-44(43)38-21-6-5-20-37(38)41)36-25-11-15-30-13-2-4-19-34(30)36/h1-28H. The van der Waals surface area contributed by atoms with Crippen molar-refractivity contribution < 1.29 is 0 Å². The quantitative estimate of drug-likeness (QED) is 0.190. The van der Waals surface area contributed by atoms with Gasteiger partial charge < -0.3 is 0 Å². The molecule has 204 valence electrons. The summed E-state index contributed by atoms with van der Waals surface area (Å²) in [6.45, 7) is 0. The molecule has 0 radical (unpaired) electrons. The van der Waals surface area contributed by atoms with Crippen LogP contribution in [-0.2, 0) is 0 Å². The van der Waals surface area contributed by atoms with Crippen molar-refractivity contribution in [3.8, 4) is 33.4 Å². The molecule has 0 spiro atoms. The van der Waals surface area contributed by atoms with Crippen molar-refractivity contribution >= 4 is 53.9 Å². The van der Waals surface area contributed by atoms with E-state index in [0.717, 1.165) is 0 Å². The zero-order valence-corrected chi connectivity index (χ0v) is 24.2. The van der Waals surface area contributed by atoms with Crippen LogP contribution in [-0.4, -0.2) is 0 Å². The van der Waals surface area contributed by atoms with E-state index in [9.17, 15) is 0 Å². The van der Waals surface area contributed by atoms with Gasteiger partial charge in [0.15, 0.2) is 0 Å². The summed E-state index contributed by atoms with van der Waals surface area (Å²) in [5, 5.41) is 12.8. The fourth-order valence-electron chi connectivity index (χ4n) is 7.20. The van der Waals surface area contributed by atoms with E-state index in [-0.39, 0.29) is 0 Å². The van der Waals surface area contributed by atoms with Crippen molar-refractivity contribution in [2.75, 3.05) is 0 Å². The van der Waals surface area contributed by atoms with E-state index in [1.54, 1.807) is 0 Å². The van der Waals surface area contributed by atoms with Gasteiger partial charge in [-0.2, -0.15) is 0 Å². The summed E-state index contributed by atoms with van der Waals surface area (Å²) >= 11 is 0. The summed E-state index contributed by atoms with van der Waals surface area (Å²) in [5.41, 5.74) is 7.55. The lowest BCUT2D eigenvalue weighted by Crippen LogP contribution is -1.90. The Labute approximate surface area is 256 Å². The number of hydrogen-bond donors (Lipinski definition) is 0. The smallest absolute Gasteiger partial charge is 0.00923 e. The van der Waals surface area contributed by atoms with Crippen LogP contribution in [0.3, 0.4) is 0 Å². The molecule has 0 unspecified atom stereocenters. The maximum Gasteiger partial charge on any atom is -0.00923 e. The minimum Gasteiger partial charge on any atom is -0.0616 e. The molecule has 0 nitrogen and oxygen atoms in total. The van der Waals surface area contributed by atoms with E-state index >= 15 is 0 Å². The average Bonchev–Trinajstić information content (AvgIpc) is 3.10. The minimum atomic E-state index is 1.23. The van der Waals surface area contributed by atoms with E-state index < -0.39 is 0 Å². The summed E-state index contributed by atoms with van der Waals surface area (Å²) in [5.74, 6) is 0. The highest BCUT2D eigenvalue weighted by Crippen LogP contribution is 2.43. The molecule has 0 saturated carbocycles. The van der Waals surface area contributed by atoms with Crippen molar-refractivity contribution in [3.05, 3.63) is 170 Å². The molecule has 0 aromatic heterocycles. The maximum atomic E-state index is 2.43. The van der Waals surface area contributed by atoms with Crippen LogP contribution in [0.2, 0.25) is 0 Å². The van der Waals surface area contributed by atoms with Crippen LogP contribution in [0.15, 0.2) is 170 Å². The van der Waals surface area contributed by atoms with Gasteiger partial charge in [0, 0.05) is 0 Å². The van der Waals surface area contributed by atoms with Crippen LogP contribution in [0.4, 0.5) is 0 Å².